The van der Waals surface area contributed by atoms with E-state index in [9.17, 15) is 0 Å². The molecule has 4 heterocycles. The molecule has 0 unspecified atom stereocenters. The highest BCUT2D eigenvalue weighted by molar-refractivity contribution is 6.09. The average Bonchev–Trinajstić information content (AvgIpc) is 3.79. The summed E-state index contributed by atoms with van der Waals surface area (Å²) in [7, 11) is 4.25. The number of rotatable bonds is 4. The third-order valence-corrected chi connectivity index (χ3v) is 10.1. The summed E-state index contributed by atoms with van der Waals surface area (Å²) in [6, 6.07) is 50.0. The van der Waals surface area contributed by atoms with Gasteiger partial charge in [0.05, 0.1) is 34.6 Å². The molecule has 10 rings (SSSR count). The van der Waals surface area contributed by atoms with Gasteiger partial charge in [-0.1, -0.05) is 78.9 Å². The lowest BCUT2D eigenvalue weighted by Gasteiger charge is -2.20. The molecule has 0 amide bonds. The minimum atomic E-state index is 0.799. The highest BCUT2D eigenvalue weighted by Gasteiger charge is 2.25. The highest BCUT2D eigenvalue weighted by Crippen LogP contribution is 2.41. The highest BCUT2D eigenvalue weighted by atomic mass is 15.4. The number of benzene rings is 6. The first-order valence-corrected chi connectivity index (χ1v) is 16.6. The summed E-state index contributed by atoms with van der Waals surface area (Å²) < 4.78 is 4.50. The van der Waals surface area contributed by atoms with Crippen LogP contribution in [-0.2, 0) is 7.05 Å². The van der Waals surface area contributed by atoms with E-state index in [1.54, 1.807) is 0 Å². The standard InChI is InChI=1S/C43H32N6/c1-46-27-48(40-18-6-5-17-39(40)46)31-12-8-13-32(26-31)49-41-25-30(19-21-35(41)36-16-9-23-44-43(36)49)42-45-37-24-29(20-22-38(37)47(42)2)34-15-7-11-28-10-3-4-14-33(28)34/h3-26H,27H2,1-2H3. The second kappa shape index (κ2) is 10.6. The molecule has 6 heteroatoms. The molecule has 0 atom stereocenters. The van der Waals surface area contributed by atoms with E-state index in [-0.39, 0.29) is 0 Å². The van der Waals surface area contributed by atoms with Crippen molar-refractivity contribution < 1.29 is 0 Å². The SMILES string of the molecule is CN1CN(c2cccc(-n3c4cc(-c5nc6cc(-c7cccc8ccccc78)ccc6n5C)ccc4c4cccnc43)c2)c2ccccc21. The van der Waals surface area contributed by atoms with Gasteiger partial charge in [0.1, 0.15) is 11.5 Å². The van der Waals surface area contributed by atoms with Crippen LogP contribution in [0.15, 0.2) is 146 Å². The second-order valence-corrected chi connectivity index (χ2v) is 12.9. The number of imidazole rings is 1. The van der Waals surface area contributed by atoms with E-state index >= 15 is 0 Å². The van der Waals surface area contributed by atoms with Gasteiger partial charge in [0, 0.05) is 48.0 Å². The predicted molar refractivity (Wildman–Crippen MR) is 203 cm³/mol. The second-order valence-electron chi connectivity index (χ2n) is 12.9. The van der Waals surface area contributed by atoms with Crippen LogP contribution in [0.2, 0.25) is 0 Å². The summed E-state index contributed by atoms with van der Waals surface area (Å²) in [5.74, 6) is 0.933. The summed E-state index contributed by atoms with van der Waals surface area (Å²) in [6.07, 6.45) is 1.88. The Balaban J connectivity index is 1.12. The number of aromatic nitrogens is 4. The summed E-state index contributed by atoms with van der Waals surface area (Å²) in [4.78, 5) is 14.8. The molecule has 1 aliphatic heterocycles. The number of nitrogens with zero attached hydrogens (tertiary/aromatic N) is 6. The molecule has 0 saturated carbocycles. The first-order chi connectivity index (χ1) is 24.1. The van der Waals surface area contributed by atoms with E-state index in [2.05, 4.69) is 166 Å². The third kappa shape index (κ3) is 4.20. The van der Waals surface area contributed by atoms with Crippen LogP contribution in [0, 0.1) is 0 Å². The lowest BCUT2D eigenvalue weighted by molar-refractivity contribution is 0.948. The van der Waals surface area contributed by atoms with Crippen LogP contribution in [0.1, 0.15) is 0 Å². The molecule has 6 nitrogen and oxygen atoms in total. The molecule has 234 valence electrons. The molecular formula is C43H32N6. The molecule has 6 aromatic carbocycles. The van der Waals surface area contributed by atoms with Crippen molar-refractivity contribution in [2.45, 2.75) is 0 Å². The van der Waals surface area contributed by atoms with E-state index in [4.69, 9.17) is 9.97 Å². The predicted octanol–water partition coefficient (Wildman–Crippen LogP) is 10.1. The fraction of sp³-hybridized carbons (Fsp3) is 0.0698. The van der Waals surface area contributed by atoms with Crippen molar-refractivity contribution in [3.8, 4) is 28.2 Å². The van der Waals surface area contributed by atoms with Gasteiger partial charge >= 0.3 is 0 Å². The Labute approximate surface area is 283 Å². The van der Waals surface area contributed by atoms with Crippen molar-refractivity contribution in [3.63, 3.8) is 0 Å². The van der Waals surface area contributed by atoms with Crippen LogP contribution >= 0.6 is 0 Å². The Morgan fingerprint density at radius 2 is 1.35 bits per heavy atom. The van der Waals surface area contributed by atoms with Crippen molar-refractivity contribution in [1.29, 1.82) is 0 Å². The van der Waals surface area contributed by atoms with Gasteiger partial charge in [-0.15, -0.1) is 0 Å². The fourth-order valence-electron chi connectivity index (χ4n) is 7.75. The minimum Gasteiger partial charge on any atom is -0.355 e. The van der Waals surface area contributed by atoms with Gasteiger partial charge in [0.2, 0.25) is 0 Å². The van der Waals surface area contributed by atoms with Crippen LogP contribution in [0.4, 0.5) is 17.1 Å². The monoisotopic (exact) mass is 632 g/mol. The summed E-state index contributed by atoms with van der Waals surface area (Å²) in [5.41, 5.74) is 12.3. The van der Waals surface area contributed by atoms with E-state index in [1.807, 2.05) is 12.3 Å². The van der Waals surface area contributed by atoms with Gasteiger partial charge in [-0.05, 0) is 82.6 Å². The molecule has 0 N–H and O–H groups in total. The van der Waals surface area contributed by atoms with Crippen LogP contribution in [0.5, 0.6) is 0 Å². The number of hydrogen-bond acceptors (Lipinski definition) is 4. The van der Waals surface area contributed by atoms with Crippen LogP contribution < -0.4 is 9.80 Å². The first-order valence-electron chi connectivity index (χ1n) is 16.6. The molecule has 9 aromatic rings. The number of pyridine rings is 1. The zero-order chi connectivity index (χ0) is 32.6. The lowest BCUT2D eigenvalue weighted by atomic mass is 9.98. The van der Waals surface area contributed by atoms with Gasteiger partial charge in [-0.2, -0.15) is 0 Å². The zero-order valence-electron chi connectivity index (χ0n) is 27.2. The lowest BCUT2D eigenvalue weighted by Crippen LogP contribution is -2.24. The van der Waals surface area contributed by atoms with Gasteiger partial charge in [-0.25, -0.2) is 9.97 Å². The molecule has 49 heavy (non-hydrogen) atoms. The van der Waals surface area contributed by atoms with Crippen molar-refractivity contribution >= 4 is 60.8 Å². The molecule has 0 aliphatic carbocycles. The number of hydrogen-bond donors (Lipinski definition) is 0. The maximum Gasteiger partial charge on any atom is 0.145 e. The summed E-state index contributed by atoms with van der Waals surface area (Å²) in [5, 5.41) is 4.78. The molecule has 3 aromatic heterocycles. The van der Waals surface area contributed by atoms with Gasteiger partial charge in [-0.3, -0.25) is 4.57 Å². The Morgan fingerprint density at radius 1 is 0.571 bits per heavy atom. The average molecular weight is 633 g/mol. The van der Waals surface area contributed by atoms with Gasteiger partial charge < -0.3 is 14.4 Å². The number of para-hydroxylation sites is 2. The number of aryl methyl sites for hydroxylation is 1. The van der Waals surface area contributed by atoms with Gasteiger partial charge in [0.15, 0.2) is 0 Å². The topological polar surface area (TPSA) is 42.1 Å². The Morgan fingerprint density at radius 3 is 2.29 bits per heavy atom. The molecule has 0 saturated heterocycles. The third-order valence-electron chi connectivity index (χ3n) is 10.1. The summed E-state index contributed by atoms with van der Waals surface area (Å²) in [6.45, 7) is 0.799. The molecule has 1 aliphatic rings. The largest absolute Gasteiger partial charge is 0.355 e. The fourth-order valence-corrected chi connectivity index (χ4v) is 7.75. The van der Waals surface area contributed by atoms with Crippen molar-refractivity contribution in [2.24, 2.45) is 7.05 Å². The molecular weight excluding hydrogens is 601 g/mol. The van der Waals surface area contributed by atoms with E-state index in [0.29, 0.717) is 0 Å². The quantitative estimate of drug-likeness (QED) is 0.194. The summed E-state index contributed by atoms with van der Waals surface area (Å²) >= 11 is 0. The normalized spacial score (nSPS) is 12.9. The van der Waals surface area contributed by atoms with E-state index in [0.717, 1.165) is 57.0 Å². The van der Waals surface area contributed by atoms with E-state index < -0.39 is 0 Å². The Hall–Kier alpha value is -6.40. The van der Waals surface area contributed by atoms with Crippen LogP contribution in [0.3, 0.4) is 0 Å². The van der Waals surface area contributed by atoms with Gasteiger partial charge in [0.25, 0.3) is 0 Å². The maximum atomic E-state index is 5.23. The van der Waals surface area contributed by atoms with Crippen LogP contribution in [0.25, 0.3) is 71.9 Å². The Bertz CT molecular complexity index is 2750. The maximum absolute atomic E-state index is 5.23. The minimum absolute atomic E-state index is 0.799. The molecule has 0 bridgehead atoms. The van der Waals surface area contributed by atoms with Crippen molar-refractivity contribution in [3.05, 3.63) is 146 Å². The number of fused-ring (bicyclic) bond motifs is 6. The first kappa shape index (κ1) is 27.7. The smallest absolute Gasteiger partial charge is 0.145 e. The molecule has 0 spiro atoms. The van der Waals surface area contributed by atoms with E-state index in [1.165, 1.54) is 38.7 Å². The van der Waals surface area contributed by atoms with Crippen molar-refractivity contribution in [2.75, 3.05) is 23.5 Å². The zero-order valence-corrected chi connectivity index (χ0v) is 27.2. The van der Waals surface area contributed by atoms with Crippen molar-refractivity contribution in [1.82, 2.24) is 19.1 Å². The Kier molecular flexibility index (Phi) is 5.96. The van der Waals surface area contributed by atoms with Crippen LogP contribution in [-0.4, -0.2) is 32.8 Å². The molecule has 0 radical (unpaired) electrons. The number of anilines is 3. The molecule has 0 fully saturated rings.